The highest BCUT2D eigenvalue weighted by Gasteiger charge is 2.12. The van der Waals surface area contributed by atoms with E-state index in [0.717, 1.165) is 18.0 Å². The summed E-state index contributed by atoms with van der Waals surface area (Å²) in [4.78, 5) is 1.40. The number of halogens is 2. The molecule has 4 heteroatoms. The second kappa shape index (κ2) is 6.71. The second-order valence-electron chi connectivity index (χ2n) is 4.24. The maximum absolute atomic E-state index is 5.94. The number of hydrogen-bond donors (Lipinski definition) is 1. The monoisotopic (exact) mass is 343 g/mol. The maximum atomic E-state index is 5.94. The molecule has 0 radical (unpaired) electrons. The van der Waals surface area contributed by atoms with Crippen LogP contribution in [0.5, 0.6) is 0 Å². The normalized spacial score (nSPS) is 12.6. The Morgan fingerprint density at radius 3 is 2.61 bits per heavy atom. The zero-order valence-electron chi connectivity index (χ0n) is 10.1. The molecule has 0 amide bonds. The molecular formula is C14H15BrClNS. The summed E-state index contributed by atoms with van der Waals surface area (Å²) in [5, 5.41) is 6.19. The predicted octanol–water partition coefficient (Wildman–Crippen LogP) is 4.71. The molecule has 0 saturated heterocycles. The molecule has 2 rings (SSSR count). The third-order valence-corrected chi connectivity index (χ3v) is 4.83. The van der Waals surface area contributed by atoms with Crippen molar-refractivity contribution in [2.24, 2.45) is 0 Å². The van der Waals surface area contributed by atoms with Crippen molar-refractivity contribution in [2.45, 2.75) is 12.3 Å². The first-order valence-electron chi connectivity index (χ1n) is 5.82. The minimum atomic E-state index is 0.484. The first-order chi connectivity index (χ1) is 8.69. The molecule has 0 fully saturated rings. The summed E-state index contributed by atoms with van der Waals surface area (Å²) in [7, 11) is 1.99. The van der Waals surface area contributed by atoms with Crippen LogP contribution in [0.2, 0.25) is 5.02 Å². The van der Waals surface area contributed by atoms with Gasteiger partial charge in [-0.05, 0) is 53.2 Å². The van der Waals surface area contributed by atoms with Crippen molar-refractivity contribution >= 4 is 38.9 Å². The third-order valence-electron chi connectivity index (χ3n) is 2.86. The highest BCUT2D eigenvalue weighted by atomic mass is 79.9. The minimum absolute atomic E-state index is 0.484. The summed E-state index contributed by atoms with van der Waals surface area (Å²) in [5.41, 5.74) is 1.33. The van der Waals surface area contributed by atoms with E-state index >= 15 is 0 Å². The molecule has 0 aliphatic rings. The van der Waals surface area contributed by atoms with Crippen molar-refractivity contribution in [2.75, 3.05) is 13.6 Å². The van der Waals surface area contributed by atoms with E-state index in [9.17, 15) is 0 Å². The molecular weight excluding hydrogens is 330 g/mol. The fraction of sp³-hybridized carbons (Fsp3) is 0.286. The fourth-order valence-electron chi connectivity index (χ4n) is 1.99. The lowest BCUT2D eigenvalue weighted by Crippen LogP contribution is -2.18. The molecule has 0 saturated carbocycles. The Morgan fingerprint density at radius 2 is 2.06 bits per heavy atom. The number of rotatable bonds is 5. The van der Waals surface area contributed by atoms with Crippen LogP contribution in [-0.4, -0.2) is 13.6 Å². The van der Waals surface area contributed by atoms with Crippen molar-refractivity contribution in [3.8, 4) is 0 Å². The molecule has 1 heterocycles. The van der Waals surface area contributed by atoms with Crippen LogP contribution in [0.3, 0.4) is 0 Å². The van der Waals surface area contributed by atoms with Gasteiger partial charge in [-0.25, -0.2) is 0 Å². The van der Waals surface area contributed by atoms with Gasteiger partial charge in [-0.3, -0.25) is 0 Å². The van der Waals surface area contributed by atoms with Gasteiger partial charge in [-0.1, -0.05) is 23.7 Å². The van der Waals surface area contributed by atoms with Gasteiger partial charge in [0.05, 0.1) is 0 Å². The van der Waals surface area contributed by atoms with Crippen LogP contribution in [0, 0.1) is 0 Å². The topological polar surface area (TPSA) is 12.0 Å². The molecule has 0 bridgehead atoms. The van der Waals surface area contributed by atoms with E-state index in [0.29, 0.717) is 5.92 Å². The molecule has 2 aromatic rings. The molecule has 1 atom stereocenters. The Morgan fingerprint density at radius 1 is 1.33 bits per heavy atom. The quantitative estimate of drug-likeness (QED) is 0.828. The third kappa shape index (κ3) is 3.82. The Hall–Kier alpha value is -0.350. The number of hydrogen-bond acceptors (Lipinski definition) is 2. The van der Waals surface area contributed by atoms with E-state index in [2.05, 4.69) is 44.8 Å². The molecule has 1 aromatic carbocycles. The van der Waals surface area contributed by atoms with Crippen molar-refractivity contribution in [3.63, 3.8) is 0 Å². The number of benzene rings is 1. The number of likely N-dealkylation sites (N-methyl/N-ethyl adjacent to an activating group) is 1. The molecule has 18 heavy (non-hydrogen) atoms. The lowest BCUT2D eigenvalue weighted by molar-refractivity contribution is 0.630. The van der Waals surface area contributed by atoms with Crippen LogP contribution in [0.4, 0.5) is 0 Å². The largest absolute Gasteiger partial charge is 0.319 e. The summed E-state index contributed by atoms with van der Waals surface area (Å²) in [6, 6.07) is 10.4. The SMILES string of the molecule is CNCC(Cc1cc(Br)cs1)c1ccc(Cl)cc1. The van der Waals surface area contributed by atoms with Crippen LogP contribution in [0.15, 0.2) is 40.2 Å². The zero-order chi connectivity index (χ0) is 13.0. The Balaban J connectivity index is 2.14. The van der Waals surface area contributed by atoms with E-state index in [1.54, 1.807) is 11.3 Å². The highest BCUT2D eigenvalue weighted by Crippen LogP contribution is 2.27. The number of thiophene rings is 1. The van der Waals surface area contributed by atoms with E-state index in [-0.39, 0.29) is 0 Å². The average Bonchev–Trinajstić information content (AvgIpc) is 2.75. The maximum Gasteiger partial charge on any atom is 0.0406 e. The lowest BCUT2D eigenvalue weighted by Gasteiger charge is -2.16. The van der Waals surface area contributed by atoms with Crippen molar-refractivity contribution < 1.29 is 0 Å². The standard InChI is InChI=1S/C14H15BrClNS/c1-17-8-11(6-14-7-12(15)9-18-14)10-2-4-13(16)5-3-10/h2-5,7,9,11,17H,6,8H2,1H3. The molecule has 1 aromatic heterocycles. The van der Waals surface area contributed by atoms with E-state index in [1.165, 1.54) is 14.9 Å². The van der Waals surface area contributed by atoms with E-state index in [1.807, 2.05) is 19.2 Å². The summed E-state index contributed by atoms with van der Waals surface area (Å²) in [6.45, 7) is 0.969. The van der Waals surface area contributed by atoms with E-state index in [4.69, 9.17) is 11.6 Å². The predicted molar refractivity (Wildman–Crippen MR) is 83.8 cm³/mol. The number of nitrogens with one attached hydrogen (secondary N) is 1. The van der Waals surface area contributed by atoms with Gasteiger partial charge in [-0.2, -0.15) is 0 Å². The summed E-state index contributed by atoms with van der Waals surface area (Å²) < 4.78 is 1.17. The van der Waals surface area contributed by atoms with Gasteiger partial charge >= 0.3 is 0 Å². The van der Waals surface area contributed by atoms with Crippen LogP contribution in [-0.2, 0) is 6.42 Å². The Labute approximate surface area is 125 Å². The van der Waals surface area contributed by atoms with Gasteiger partial charge in [0.1, 0.15) is 0 Å². The summed E-state index contributed by atoms with van der Waals surface area (Å²) in [6.07, 6.45) is 1.05. The van der Waals surface area contributed by atoms with Gasteiger partial charge in [0.25, 0.3) is 0 Å². The van der Waals surface area contributed by atoms with Crippen molar-refractivity contribution in [1.82, 2.24) is 5.32 Å². The van der Waals surface area contributed by atoms with Gasteiger partial charge in [-0.15, -0.1) is 11.3 Å². The van der Waals surface area contributed by atoms with Crippen molar-refractivity contribution in [3.05, 3.63) is 55.6 Å². The minimum Gasteiger partial charge on any atom is -0.319 e. The van der Waals surface area contributed by atoms with Gasteiger partial charge in [0, 0.05) is 32.2 Å². The van der Waals surface area contributed by atoms with Crippen LogP contribution in [0.1, 0.15) is 16.4 Å². The zero-order valence-corrected chi connectivity index (χ0v) is 13.3. The first kappa shape index (κ1) is 14.1. The molecule has 1 nitrogen and oxygen atoms in total. The van der Waals surface area contributed by atoms with Crippen LogP contribution in [0.25, 0.3) is 0 Å². The Kier molecular flexibility index (Phi) is 5.25. The second-order valence-corrected chi connectivity index (χ2v) is 6.59. The first-order valence-corrected chi connectivity index (χ1v) is 7.87. The highest BCUT2D eigenvalue weighted by molar-refractivity contribution is 9.10. The van der Waals surface area contributed by atoms with Crippen LogP contribution < -0.4 is 5.32 Å². The molecule has 96 valence electrons. The molecule has 1 N–H and O–H groups in total. The molecule has 0 aliphatic heterocycles. The fourth-order valence-corrected chi connectivity index (χ4v) is 3.65. The summed E-state index contributed by atoms with van der Waals surface area (Å²) >= 11 is 11.2. The van der Waals surface area contributed by atoms with Gasteiger partial charge in [0.15, 0.2) is 0 Å². The molecule has 0 aliphatic carbocycles. The van der Waals surface area contributed by atoms with Crippen molar-refractivity contribution in [1.29, 1.82) is 0 Å². The Bertz CT molecular complexity index is 495. The van der Waals surface area contributed by atoms with Gasteiger partial charge in [0.2, 0.25) is 0 Å². The molecule has 1 unspecified atom stereocenters. The smallest absolute Gasteiger partial charge is 0.0406 e. The van der Waals surface area contributed by atoms with Gasteiger partial charge < -0.3 is 5.32 Å². The summed E-state index contributed by atoms with van der Waals surface area (Å²) in [5.74, 6) is 0.484. The average molecular weight is 345 g/mol. The molecule has 0 spiro atoms. The van der Waals surface area contributed by atoms with E-state index < -0.39 is 0 Å². The lowest BCUT2D eigenvalue weighted by atomic mass is 9.95. The van der Waals surface area contributed by atoms with Crippen LogP contribution >= 0.6 is 38.9 Å².